The van der Waals surface area contributed by atoms with Crippen molar-refractivity contribution in [2.24, 2.45) is 0 Å². The van der Waals surface area contributed by atoms with Crippen LogP contribution in [0.3, 0.4) is 0 Å². The molecule has 0 spiro atoms. The van der Waals surface area contributed by atoms with E-state index >= 15 is 0 Å². The molecule has 1 atom stereocenters. The summed E-state index contributed by atoms with van der Waals surface area (Å²) < 4.78 is 13.4. The number of hydrogen-bond acceptors (Lipinski definition) is 5. The maximum Gasteiger partial charge on any atom is 0.250 e. The van der Waals surface area contributed by atoms with E-state index < -0.39 is 11.1 Å². The SMILES string of the molecule is CO[C@@]1(COc2ccccc2C)CCN(C(=O)C(C)(C)n2cncn2)C1. The van der Waals surface area contributed by atoms with Crippen LogP contribution in [-0.2, 0) is 15.1 Å². The summed E-state index contributed by atoms with van der Waals surface area (Å²) in [6.45, 7) is 7.23. The molecule has 26 heavy (non-hydrogen) atoms. The molecule has 0 N–H and O–H groups in total. The van der Waals surface area contributed by atoms with Gasteiger partial charge in [0.15, 0.2) is 0 Å². The van der Waals surface area contributed by atoms with Crippen LogP contribution < -0.4 is 4.74 Å². The topological polar surface area (TPSA) is 69.5 Å². The average molecular weight is 358 g/mol. The van der Waals surface area contributed by atoms with E-state index in [4.69, 9.17) is 9.47 Å². The first kappa shape index (κ1) is 18.4. The van der Waals surface area contributed by atoms with Crippen molar-refractivity contribution < 1.29 is 14.3 Å². The lowest BCUT2D eigenvalue weighted by molar-refractivity contribution is -0.140. The van der Waals surface area contributed by atoms with Crippen LogP contribution in [0, 0.1) is 6.92 Å². The summed E-state index contributed by atoms with van der Waals surface area (Å²) >= 11 is 0. The third-order valence-electron chi connectivity index (χ3n) is 5.14. The van der Waals surface area contributed by atoms with Gasteiger partial charge in [-0.25, -0.2) is 9.67 Å². The van der Waals surface area contributed by atoms with Gasteiger partial charge < -0.3 is 14.4 Å². The maximum atomic E-state index is 13.0. The third-order valence-corrected chi connectivity index (χ3v) is 5.14. The van der Waals surface area contributed by atoms with E-state index in [0.29, 0.717) is 19.7 Å². The Bertz CT molecular complexity index is 760. The van der Waals surface area contributed by atoms with Gasteiger partial charge in [0.1, 0.15) is 36.2 Å². The number of benzene rings is 1. The minimum Gasteiger partial charge on any atom is -0.490 e. The van der Waals surface area contributed by atoms with Crippen LogP contribution in [0.25, 0.3) is 0 Å². The van der Waals surface area contributed by atoms with E-state index in [-0.39, 0.29) is 5.91 Å². The summed E-state index contributed by atoms with van der Waals surface area (Å²) in [5.41, 5.74) is -0.217. The number of ether oxygens (including phenoxy) is 2. The maximum absolute atomic E-state index is 13.0. The van der Waals surface area contributed by atoms with Crippen molar-refractivity contribution in [1.29, 1.82) is 0 Å². The number of rotatable bonds is 6. The number of methoxy groups -OCH3 is 1. The Hall–Kier alpha value is -2.41. The standard InChI is InChI=1S/C19H26N4O3/c1-15-7-5-6-8-16(15)26-12-19(25-4)9-10-22(11-19)17(24)18(2,3)23-14-20-13-21-23/h5-8,13-14H,9-12H2,1-4H3/t19-/m0/s1. The average Bonchev–Trinajstić information content (AvgIpc) is 3.31. The van der Waals surface area contributed by atoms with Crippen molar-refractivity contribution >= 4 is 5.91 Å². The predicted molar refractivity (Wildman–Crippen MR) is 97.0 cm³/mol. The largest absolute Gasteiger partial charge is 0.490 e. The minimum absolute atomic E-state index is 0.00202. The van der Waals surface area contributed by atoms with Gasteiger partial charge in [-0.2, -0.15) is 5.10 Å². The second-order valence-electron chi connectivity index (χ2n) is 7.32. The molecule has 0 radical (unpaired) electrons. The quantitative estimate of drug-likeness (QED) is 0.790. The molecule has 1 amide bonds. The number of aryl methyl sites for hydroxylation is 1. The van der Waals surface area contributed by atoms with Crippen molar-refractivity contribution in [3.8, 4) is 5.75 Å². The lowest BCUT2D eigenvalue weighted by atomic mass is 10.0. The molecule has 2 heterocycles. The Morgan fingerprint density at radius 2 is 2.12 bits per heavy atom. The van der Waals surface area contributed by atoms with Gasteiger partial charge in [-0.05, 0) is 38.8 Å². The Kier molecular flexibility index (Phi) is 5.00. The molecule has 3 rings (SSSR count). The monoisotopic (exact) mass is 358 g/mol. The Morgan fingerprint density at radius 1 is 1.35 bits per heavy atom. The van der Waals surface area contributed by atoms with Crippen molar-refractivity contribution in [2.45, 2.75) is 38.3 Å². The zero-order chi connectivity index (χ0) is 18.8. The van der Waals surface area contributed by atoms with E-state index in [2.05, 4.69) is 10.1 Å². The van der Waals surface area contributed by atoms with Gasteiger partial charge in [0.2, 0.25) is 5.91 Å². The first-order valence-electron chi connectivity index (χ1n) is 8.76. The first-order chi connectivity index (χ1) is 12.4. The van der Waals surface area contributed by atoms with Gasteiger partial charge in [-0.3, -0.25) is 4.79 Å². The number of likely N-dealkylation sites (tertiary alicyclic amines) is 1. The van der Waals surface area contributed by atoms with E-state index in [1.807, 2.05) is 49.9 Å². The molecule has 1 fully saturated rings. The van der Waals surface area contributed by atoms with E-state index in [9.17, 15) is 4.79 Å². The number of carbonyl (C=O) groups excluding carboxylic acids is 1. The van der Waals surface area contributed by atoms with Gasteiger partial charge in [0.25, 0.3) is 0 Å². The Labute approximate surface area is 153 Å². The highest BCUT2D eigenvalue weighted by Gasteiger charge is 2.45. The number of carbonyl (C=O) groups is 1. The molecule has 1 aliphatic heterocycles. The summed E-state index contributed by atoms with van der Waals surface area (Å²) in [6.07, 6.45) is 3.74. The zero-order valence-corrected chi connectivity index (χ0v) is 15.8. The summed E-state index contributed by atoms with van der Waals surface area (Å²) in [6, 6.07) is 7.90. The number of nitrogens with zero attached hydrogens (tertiary/aromatic N) is 4. The van der Waals surface area contributed by atoms with Crippen molar-refractivity contribution in [3.05, 3.63) is 42.5 Å². The van der Waals surface area contributed by atoms with E-state index in [0.717, 1.165) is 17.7 Å². The van der Waals surface area contributed by atoms with Gasteiger partial charge in [0, 0.05) is 13.7 Å². The third kappa shape index (κ3) is 3.44. The Balaban J connectivity index is 1.69. The highest BCUT2D eigenvalue weighted by molar-refractivity contribution is 5.84. The molecule has 0 bridgehead atoms. The molecule has 2 aromatic rings. The fourth-order valence-corrected chi connectivity index (χ4v) is 3.27. The van der Waals surface area contributed by atoms with Crippen molar-refractivity contribution in [3.63, 3.8) is 0 Å². The zero-order valence-electron chi connectivity index (χ0n) is 15.8. The van der Waals surface area contributed by atoms with Crippen LogP contribution in [-0.4, -0.2) is 58.0 Å². The van der Waals surface area contributed by atoms with Gasteiger partial charge in [-0.1, -0.05) is 18.2 Å². The van der Waals surface area contributed by atoms with Crippen LogP contribution in [0.2, 0.25) is 0 Å². The van der Waals surface area contributed by atoms with Gasteiger partial charge >= 0.3 is 0 Å². The lowest BCUT2D eigenvalue weighted by Gasteiger charge is -2.31. The number of amides is 1. The normalized spacial score (nSPS) is 20.4. The van der Waals surface area contributed by atoms with E-state index in [1.165, 1.54) is 6.33 Å². The number of para-hydroxylation sites is 1. The van der Waals surface area contributed by atoms with Crippen LogP contribution in [0.15, 0.2) is 36.9 Å². The second-order valence-corrected chi connectivity index (χ2v) is 7.32. The van der Waals surface area contributed by atoms with Crippen LogP contribution in [0.1, 0.15) is 25.8 Å². The number of aromatic nitrogens is 3. The highest BCUT2D eigenvalue weighted by Crippen LogP contribution is 2.30. The van der Waals surface area contributed by atoms with Crippen molar-refractivity contribution in [2.75, 3.05) is 26.8 Å². The predicted octanol–water partition coefficient (Wildman–Crippen LogP) is 2.02. The minimum atomic E-state index is -0.794. The molecule has 140 valence electrons. The highest BCUT2D eigenvalue weighted by atomic mass is 16.5. The summed E-state index contributed by atoms with van der Waals surface area (Å²) in [5, 5.41) is 4.12. The lowest BCUT2D eigenvalue weighted by Crippen LogP contribution is -2.49. The van der Waals surface area contributed by atoms with Gasteiger partial charge in [0.05, 0.1) is 6.54 Å². The molecule has 7 heteroatoms. The molecule has 0 saturated carbocycles. The summed E-state index contributed by atoms with van der Waals surface area (Å²) in [7, 11) is 1.68. The first-order valence-corrected chi connectivity index (χ1v) is 8.76. The second kappa shape index (κ2) is 7.07. The molecule has 1 aromatic carbocycles. The number of hydrogen-bond donors (Lipinski definition) is 0. The smallest absolute Gasteiger partial charge is 0.250 e. The summed E-state index contributed by atoms with van der Waals surface area (Å²) in [4.78, 5) is 18.8. The fourth-order valence-electron chi connectivity index (χ4n) is 3.27. The fraction of sp³-hybridized carbons (Fsp3) is 0.526. The molecule has 7 nitrogen and oxygen atoms in total. The molecule has 0 aliphatic carbocycles. The molecule has 1 aromatic heterocycles. The van der Waals surface area contributed by atoms with Crippen LogP contribution in [0.5, 0.6) is 5.75 Å². The molecular formula is C19H26N4O3. The van der Waals surface area contributed by atoms with Crippen molar-refractivity contribution in [1.82, 2.24) is 19.7 Å². The Morgan fingerprint density at radius 3 is 2.77 bits per heavy atom. The molecule has 1 aliphatic rings. The van der Waals surface area contributed by atoms with Gasteiger partial charge in [-0.15, -0.1) is 0 Å². The molecule has 1 saturated heterocycles. The summed E-state index contributed by atoms with van der Waals surface area (Å²) in [5.74, 6) is 0.842. The van der Waals surface area contributed by atoms with E-state index in [1.54, 1.807) is 18.1 Å². The molecular weight excluding hydrogens is 332 g/mol. The van der Waals surface area contributed by atoms with Crippen LogP contribution in [0.4, 0.5) is 0 Å². The van der Waals surface area contributed by atoms with Crippen LogP contribution >= 0.6 is 0 Å². The molecule has 0 unspecified atom stereocenters.